The fraction of sp³-hybridized carbons (Fsp3) is 0. The zero-order chi connectivity index (χ0) is 15.0. The molecule has 2 heterocycles. The summed E-state index contributed by atoms with van der Waals surface area (Å²) in [5, 5.41) is 20.6. The second-order valence-electron chi connectivity index (χ2n) is 4.27. The predicted molar refractivity (Wildman–Crippen MR) is 77.0 cm³/mol. The van der Waals surface area contributed by atoms with Crippen LogP contribution in [0.15, 0.2) is 42.5 Å². The van der Waals surface area contributed by atoms with Crippen LogP contribution in [0.3, 0.4) is 0 Å². The lowest BCUT2D eigenvalue weighted by atomic mass is 10.1. The van der Waals surface area contributed by atoms with Crippen LogP contribution in [0.4, 0.5) is 5.69 Å². The second kappa shape index (κ2) is 4.89. The number of imidazole rings is 1. The van der Waals surface area contributed by atoms with Crippen molar-refractivity contribution in [3.8, 4) is 17.3 Å². The number of nitriles is 1. The van der Waals surface area contributed by atoms with Crippen molar-refractivity contribution in [3.63, 3.8) is 0 Å². The van der Waals surface area contributed by atoms with Crippen LogP contribution in [0.5, 0.6) is 0 Å². The average molecular weight is 299 g/mol. The molecule has 0 aliphatic carbocycles. The topological polar surface area (TPSA) is 84.2 Å². The quantitative estimate of drug-likeness (QED) is 0.412. The Hall–Kier alpha value is -2.91. The SMILES string of the molecule is N#Cc1c(-c2cccc([N+](=O)[O-])c2)nc2cccc(Cl)n12. The highest BCUT2D eigenvalue weighted by atomic mass is 35.5. The van der Waals surface area contributed by atoms with Gasteiger partial charge in [0.05, 0.1) is 4.92 Å². The number of fused-ring (bicyclic) bond motifs is 1. The average Bonchev–Trinajstić information content (AvgIpc) is 2.87. The Kier molecular flexibility index (Phi) is 3.05. The van der Waals surface area contributed by atoms with Crippen molar-refractivity contribution >= 4 is 22.9 Å². The van der Waals surface area contributed by atoms with E-state index in [0.717, 1.165) is 0 Å². The van der Waals surface area contributed by atoms with Gasteiger partial charge in [0, 0.05) is 17.7 Å². The Labute approximate surface area is 124 Å². The Morgan fingerprint density at radius 3 is 2.76 bits per heavy atom. The highest BCUT2D eigenvalue weighted by molar-refractivity contribution is 6.29. The van der Waals surface area contributed by atoms with Crippen molar-refractivity contribution in [1.29, 1.82) is 5.26 Å². The van der Waals surface area contributed by atoms with Crippen molar-refractivity contribution in [2.24, 2.45) is 0 Å². The van der Waals surface area contributed by atoms with Crippen LogP contribution in [0.2, 0.25) is 5.15 Å². The summed E-state index contributed by atoms with van der Waals surface area (Å²) in [6.45, 7) is 0. The van der Waals surface area contributed by atoms with Gasteiger partial charge in [-0.1, -0.05) is 29.8 Å². The van der Waals surface area contributed by atoms with Crippen molar-refractivity contribution in [3.05, 3.63) is 63.4 Å². The van der Waals surface area contributed by atoms with Crippen LogP contribution in [-0.2, 0) is 0 Å². The largest absolute Gasteiger partial charge is 0.273 e. The van der Waals surface area contributed by atoms with Gasteiger partial charge in [-0.2, -0.15) is 5.26 Å². The van der Waals surface area contributed by atoms with Gasteiger partial charge in [-0.15, -0.1) is 0 Å². The van der Waals surface area contributed by atoms with Crippen molar-refractivity contribution in [2.75, 3.05) is 0 Å². The lowest BCUT2D eigenvalue weighted by molar-refractivity contribution is -0.384. The molecule has 21 heavy (non-hydrogen) atoms. The summed E-state index contributed by atoms with van der Waals surface area (Å²) in [5.74, 6) is 0. The van der Waals surface area contributed by atoms with E-state index in [1.165, 1.54) is 16.5 Å². The molecule has 0 radical (unpaired) electrons. The summed E-state index contributed by atoms with van der Waals surface area (Å²) >= 11 is 6.09. The number of aromatic nitrogens is 2. The van der Waals surface area contributed by atoms with Gasteiger partial charge in [0.15, 0.2) is 5.69 Å². The van der Waals surface area contributed by atoms with Gasteiger partial charge in [-0.3, -0.25) is 14.5 Å². The third kappa shape index (κ3) is 2.10. The van der Waals surface area contributed by atoms with Gasteiger partial charge in [0.25, 0.3) is 5.69 Å². The lowest BCUT2D eigenvalue weighted by Crippen LogP contribution is -1.91. The maximum Gasteiger partial charge on any atom is 0.270 e. The van der Waals surface area contributed by atoms with E-state index in [1.807, 2.05) is 0 Å². The molecule has 0 fully saturated rings. The molecule has 0 amide bonds. The van der Waals surface area contributed by atoms with Crippen LogP contribution in [-0.4, -0.2) is 14.3 Å². The van der Waals surface area contributed by atoms with Gasteiger partial charge in [-0.05, 0) is 12.1 Å². The van der Waals surface area contributed by atoms with Crippen LogP contribution in [0, 0.1) is 21.4 Å². The number of hydrogen-bond donors (Lipinski definition) is 0. The molecule has 102 valence electrons. The molecular formula is C14H7ClN4O2. The third-order valence-electron chi connectivity index (χ3n) is 3.03. The van der Waals surface area contributed by atoms with Crippen molar-refractivity contribution in [2.45, 2.75) is 0 Å². The number of nitrogens with zero attached hydrogens (tertiary/aromatic N) is 4. The molecular weight excluding hydrogens is 292 g/mol. The second-order valence-corrected chi connectivity index (χ2v) is 4.66. The first kappa shape index (κ1) is 13.1. The normalized spacial score (nSPS) is 10.5. The van der Waals surface area contributed by atoms with E-state index < -0.39 is 4.92 Å². The Balaban J connectivity index is 2.31. The smallest absolute Gasteiger partial charge is 0.270 e. The van der Waals surface area contributed by atoms with Gasteiger partial charge in [0.1, 0.15) is 22.6 Å². The molecule has 3 rings (SSSR count). The summed E-state index contributed by atoms with van der Waals surface area (Å²) in [6, 6.07) is 13.1. The fourth-order valence-corrected chi connectivity index (χ4v) is 2.37. The zero-order valence-corrected chi connectivity index (χ0v) is 11.3. The molecule has 7 heteroatoms. The molecule has 0 spiro atoms. The maximum atomic E-state index is 10.9. The number of benzene rings is 1. The molecule has 0 saturated heterocycles. The van der Waals surface area contributed by atoms with Gasteiger partial charge in [0.2, 0.25) is 0 Å². The van der Waals surface area contributed by atoms with E-state index in [4.69, 9.17) is 11.6 Å². The summed E-state index contributed by atoms with van der Waals surface area (Å²) in [5.41, 5.74) is 1.58. The molecule has 0 N–H and O–H groups in total. The first-order valence-electron chi connectivity index (χ1n) is 5.93. The molecule has 0 unspecified atom stereocenters. The number of non-ortho nitro benzene ring substituents is 1. The van der Waals surface area contributed by atoms with E-state index in [2.05, 4.69) is 11.1 Å². The Bertz CT molecular complexity index is 911. The molecule has 0 aliphatic rings. The minimum atomic E-state index is -0.488. The molecule has 3 aromatic rings. The van der Waals surface area contributed by atoms with E-state index >= 15 is 0 Å². The lowest BCUT2D eigenvalue weighted by Gasteiger charge is -1.99. The van der Waals surface area contributed by atoms with E-state index in [-0.39, 0.29) is 11.4 Å². The standard InChI is InChI=1S/C14H7ClN4O2/c15-12-5-2-6-13-17-14(11(8-16)18(12)13)9-3-1-4-10(7-9)19(20)21/h1-7H. The van der Waals surface area contributed by atoms with E-state index in [1.54, 1.807) is 30.3 Å². The van der Waals surface area contributed by atoms with Crippen LogP contribution in [0.1, 0.15) is 5.69 Å². The highest BCUT2D eigenvalue weighted by Crippen LogP contribution is 2.28. The minimum Gasteiger partial charge on any atom is -0.273 e. The van der Waals surface area contributed by atoms with Gasteiger partial charge in [-0.25, -0.2) is 4.98 Å². The summed E-state index contributed by atoms with van der Waals surface area (Å²) in [6.07, 6.45) is 0. The summed E-state index contributed by atoms with van der Waals surface area (Å²) < 4.78 is 1.51. The number of halogens is 1. The zero-order valence-electron chi connectivity index (χ0n) is 10.5. The van der Waals surface area contributed by atoms with Crippen LogP contribution >= 0.6 is 11.6 Å². The molecule has 1 aromatic carbocycles. The predicted octanol–water partition coefficient (Wildman–Crippen LogP) is 3.43. The summed E-state index contributed by atoms with van der Waals surface area (Å²) in [4.78, 5) is 14.7. The van der Waals surface area contributed by atoms with Gasteiger partial charge < -0.3 is 0 Å². The first-order chi connectivity index (χ1) is 10.1. The number of pyridine rings is 1. The van der Waals surface area contributed by atoms with E-state index in [9.17, 15) is 15.4 Å². The van der Waals surface area contributed by atoms with Crippen molar-refractivity contribution < 1.29 is 4.92 Å². The fourth-order valence-electron chi connectivity index (χ4n) is 2.13. The van der Waals surface area contributed by atoms with E-state index in [0.29, 0.717) is 22.1 Å². The Morgan fingerprint density at radius 1 is 1.29 bits per heavy atom. The Morgan fingerprint density at radius 2 is 2.05 bits per heavy atom. The molecule has 0 atom stereocenters. The highest BCUT2D eigenvalue weighted by Gasteiger charge is 2.17. The molecule has 0 aliphatic heterocycles. The number of nitro benzene ring substituents is 1. The number of rotatable bonds is 2. The van der Waals surface area contributed by atoms with Crippen molar-refractivity contribution in [1.82, 2.24) is 9.38 Å². The molecule has 6 nitrogen and oxygen atoms in total. The van der Waals surface area contributed by atoms with Gasteiger partial charge >= 0.3 is 0 Å². The molecule has 2 aromatic heterocycles. The molecule has 0 saturated carbocycles. The minimum absolute atomic E-state index is 0.0560. The molecule has 0 bridgehead atoms. The monoisotopic (exact) mass is 298 g/mol. The number of nitro groups is 1. The maximum absolute atomic E-state index is 10.9. The first-order valence-corrected chi connectivity index (χ1v) is 6.31. The summed E-state index contributed by atoms with van der Waals surface area (Å²) in [7, 11) is 0. The van der Waals surface area contributed by atoms with Crippen LogP contribution in [0.25, 0.3) is 16.9 Å². The van der Waals surface area contributed by atoms with Crippen LogP contribution < -0.4 is 0 Å². The number of hydrogen-bond acceptors (Lipinski definition) is 4. The third-order valence-corrected chi connectivity index (χ3v) is 3.33.